The van der Waals surface area contributed by atoms with Crippen LogP contribution < -0.4 is 15.4 Å². The number of anilines is 2. The summed E-state index contributed by atoms with van der Waals surface area (Å²) in [6.45, 7) is 1.87. The Morgan fingerprint density at radius 3 is 2.54 bits per heavy atom. The average molecular weight is 328 g/mol. The fourth-order valence-electron chi connectivity index (χ4n) is 2.24. The van der Waals surface area contributed by atoms with Crippen LogP contribution in [0.2, 0.25) is 0 Å². The van der Waals surface area contributed by atoms with Gasteiger partial charge in [0.2, 0.25) is 5.91 Å². The van der Waals surface area contributed by atoms with Crippen LogP contribution in [0.25, 0.3) is 0 Å². The maximum Gasteiger partial charge on any atom is 0.338 e. The number of ether oxygens (including phenoxy) is 2. The van der Waals surface area contributed by atoms with E-state index in [1.165, 1.54) is 7.11 Å². The van der Waals surface area contributed by atoms with Crippen molar-refractivity contribution in [1.29, 1.82) is 0 Å². The Labute approximate surface area is 140 Å². The van der Waals surface area contributed by atoms with Gasteiger partial charge < -0.3 is 20.1 Å². The van der Waals surface area contributed by atoms with E-state index in [2.05, 4.69) is 10.6 Å². The molecule has 2 N–H and O–H groups in total. The van der Waals surface area contributed by atoms with Crippen molar-refractivity contribution in [2.24, 2.45) is 0 Å². The molecule has 0 heterocycles. The predicted molar refractivity (Wildman–Crippen MR) is 92.6 cm³/mol. The van der Waals surface area contributed by atoms with Crippen LogP contribution in [-0.4, -0.2) is 32.6 Å². The van der Waals surface area contributed by atoms with Gasteiger partial charge in [0.15, 0.2) is 0 Å². The molecule has 126 valence electrons. The largest absolute Gasteiger partial charge is 0.497 e. The van der Waals surface area contributed by atoms with Crippen LogP contribution in [0.4, 0.5) is 11.4 Å². The Balaban J connectivity index is 2.00. The molecule has 0 unspecified atom stereocenters. The standard InChI is InChI=1S/C18H20N2O4/c1-12-15(18(22)24-3)8-5-9-16(12)19-11-17(21)20-13-6-4-7-14(10-13)23-2/h4-10,19H,11H2,1-3H3,(H,20,21). The summed E-state index contributed by atoms with van der Waals surface area (Å²) >= 11 is 0. The smallest absolute Gasteiger partial charge is 0.338 e. The fraction of sp³-hybridized carbons (Fsp3) is 0.222. The number of amides is 1. The Bertz CT molecular complexity index is 744. The SMILES string of the molecule is COC(=O)c1cccc(NCC(=O)Nc2cccc(OC)c2)c1C. The van der Waals surface area contributed by atoms with Gasteiger partial charge in [-0.3, -0.25) is 4.79 Å². The number of nitrogens with one attached hydrogen (secondary N) is 2. The lowest BCUT2D eigenvalue weighted by atomic mass is 10.1. The van der Waals surface area contributed by atoms with Crippen LogP contribution in [0.3, 0.4) is 0 Å². The minimum absolute atomic E-state index is 0.0721. The number of rotatable bonds is 6. The Morgan fingerprint density at radius 1 is 1.08 bits per heavy atom. The van der Waals surface area contributed by atoms with E-state index in [0.29, 0.717) is 22.7 Å². The van der Waals surface area contributed by atoms with Gasteiger partial charge in [0.05, 0.1) is 26.3 Å². The molecule has 2 aromatic carbocycles. The number of esters is 1. The van der Waals surface area contributed by atoms with Crippen molar-refractivity contribution < 1.29 is 19.1 Å². The van der Waals surface area contributed by atoms with Gasteiger partial charge >= 0.3 is 5.97 Å². The number of hydrogen-bond acceptors (Lipinski definition) is 5. The van der Waals surface area contributed by atoms with Crippen molar-refractivity contribution in [3.63, 3.8) is 0 Å². The first-order chi connectivity index (χ1) is 11.5. The monoisotopic (exact) mass is 328 g/mol. The van der Waals surface area contributed by atoms with Crippen molar-refractivity contribution >= 4 is 23.3 Å². The van der Waals surface area contributed by atoms with E-state index < -0.39 is 5.97 Å². The summed E-state index contributed by atoms with van der Waals surface area (Å²) in [6.07, 6.45) is 0. The number of hydrogen-bond donors (Lipinski definition) is 2. The highest BCUT2D eigenvalue weighted by atomic mass is 16.5. The van der Waals surface area contributed by atoms with Crippen LogP contribution in [0.5, 0.6) is 5.75 Å². The van der Waals surface area contributed by atoms with Crippen LogP contribution >= 0.6 is 0 Å². The third kappa shape index (κ3) is 4.25. The van der Waals surface area contributed by atoms with Gasteiger partial charge in [-0.25, -0.2) is 4.79 Å². The van der Waals surface area contributed by atoms with Crippen molar-refractivity contribution in [3.05, 3.63) is 53.6 Å². The van der Waals surface area contributed by atoms with Gasteiger partial charge in [0.1, 0.15) is 5.75 Å². The predicted octanol–water partition coefficient (Wildman–Crippen LogP) is 2.84. The molecule has 6 heteroatoms. The van der Waals surface area contributed by atoms with Gasteiger partial charge in [0, 0.05) is 17.4 Å². The first-order valence-electron chi connectivity index (χ1n) is 7.41. The lowest BCUT2D eigenvalue weighted by Crippen LogP contribution is -2.22. The molecule has 0 saturated carbocycles. The minimum Gasteiger partial charge on any atom is -0.497 e. The third-order valence-electron chi connectivity index (χ3n) is 3.53. The second-order valence-corrected chi connectivity index (χ2v) is 5.10. The third-order valence-corrected chi connectivity index (χ3v) is 3.53. The minimum atomic E-state index is -0.406. The van der Waals surface area contributed by atoms with Crippen molar-refractivity contribution in [1.82, 2.24) is 0 Å². The van der Waals surface area contributed by atoms with E-state index in [1.807, 2.05) is 0 Å². The average Bonchev–Trinajstić information content (AvgIpc) is 2.60. The summed E-state index contributed by atoms with van der Waals surface area (Å²) in [7, 11) is 2.91. The molecule has 2 rings (SSSR count). The summed E-state index contributed by atoms with van der Waals surface area (Å²) in [5, 5.41) is 5.81. The molecule has 0 aromatic heterocycles. The highest BCUT2D eigenvalue weighted by Crippen LogP contribution is 2.20. The molecule has 0 aliphatic carbocycles. The molecule has 0 spiro atoms. The molecule has 6 nitrogen and oxygen atoms in total. The zero-order valence-corrected chi connectivity index (χ0v) is 13.9. The highest BCUT2D eigenvalue weighted by Gasteiger charge is 2.12. The Morgan fingerprint density at radius 2 is 1.83 bits per heavy atom. The normalized spacial score (nSPS) is 9.96. The van der Waals surface area contributed by atoms with Crippen LogP contribution in [0.15, 0.2) is 42.5 Å². The van der Waals surface area contributed by atoms with Crippen LogP contribution in [0, 0.1) is 6.92 Å². The summed E-state index contributed by atoms with van der Waals surface area (Å²) in [5.74, 6) is 0.0606. The van der Waals surface area contributed by atoms with Crippen molar-refractivity contribution in [3.8, 4) is 5.75 Å². The molecular formula is C18H20N2O4. The summed E-state index contributed by atoms with van der Waals surface area (Å²) in [4.78, 5) is 23.8. The highest BCUT2D eigenvalue weighted by molar-refractivity contribution is 5.95. The quantitative estimate of drug-likeness (QED) is 0.798. The second-order valence-electron chi connectivity index (χ2n) is 5.10. The molecule has 24 heavy (non-hydrogen) atoms. The first kappa shape index (κ1) is 17.3. The number of benzene rings is 2. The molecule has 0 aliphatic heterocycles. The molecular weight excluding hydrogens is 308 g/mol. The van der Waals surface area contributed by atoms with Crippen molar-refractivity contribution in [2.75, 3.05) is 31.4 Å². The maximum atomic E-state index is 12.1. The van der Waals surface area contributed by atoms with E-state index in [0.717, 1.165) is 5.56 Å². The maximum absolute atomic E-state index is 12.1. The Hall–Kier alpha value is -3.02. The summed E-state index contributed by atoms with van der Waals surface area (Å²) in [5.41, 5.74) is 2.56. The molecule has 0 saturated heterocycles. The van der Waals surface area contributed by atoms with Crippen molar-refractivity contribution in [2.45, 2.75) is 6.92 Å². The molecule has 1 amide bonds. The Kier molecular flexibility index (Phi) is 5.78. The summed E-state index contributed by atoms with van der Waals surface area (Å²) < 4.78 is 9.86. The lowest BCUT2D eigenvalue weighted by molar-refractivity contribution is -0.114. The second kappa shape index (κ2) is 8.01. The van der Waals surface area contributed by atoms with E-state index >= 15 is 0 Å². The van der Waals surface area contributed by atoms with Gasteiger partial charge in [-0.2, -0.15) is 0 Å². The van der Waals surface area contributed by atoms with Gasteiger partial charge in [-0.05, 0) is 36.8 Å². The first-order valence-corrected chi connectivity index (χ1v) is 7.41. The molecule has 0 fully saturated rings. The van der Waals surface area contributed by atoms with E-state index in [9.17, 15) is 9.59 Å². The molecule has 0 atom stereocenters. The fourth-order valence-corrected chi connectivity index (χ4v) is 2.24. The molecule has 2 aromatic rings. The number of methoxy groups -OCH3 is 2. The molecule has 0 aliphatic rings. The van der Waals surface area contributed by atoms with E-state index in [-0.39, 0.29) is 12.5 Å². The molecule has 0 bridgehead atoms. The topological polar surface area (TPSA) is 76.7 Å². The van der Waals surface area contributed by atoms with Gasteiger partial charge in [-0.1, -0.05) is 12.1 Å². The van der Waals surface area contributed by atoms with E-state index in [4.69, 9.17) is 9.47 Å². The van der Waals surface area contributed by atoms with Gasteiger partial charge in [0.25, 0.3) is 0 Å². The van der Waals surface area contributed by atoms with E-state index in [1.54, 1.807) is 56.5 Å². The number of carbonyl (C=O) groups is 2. The number of carbonyl (C=O) groups excluding carboxylic acids is 2. The van der Waals surface area contributed by atoms with Crippen LogP contribution in [-0.2, 0) is 9.53 Å². The lowest BCUT2D eigenvalue weighted by Gasteiger charge is -2.12. The zero-order chi connectivity index (χ0) is 17.5. The van der Waals surface area contributed by atoms with Crippen LogP contribution in [0.1, 0.15) is 15.9 Å². The zero-order valence-electron chi connectivity index (χ0n) is 13.9. The summed E-state index contributed by atoms with van der Waals surface area (Å²) in [6, 6.07) is 12.3. The van der Waals surface area contributed by atoms with Gasteiger partial charge in [-0.15, -0.1) is 0 Å². The molecule has 0 radical (unpaired) electrons.